The summed E-state index contributed by atoms with van der Waals surface area (Å²) in [4.78, 5) is 16.3. The first-order valence-electron chi connectivity index (χ1n) is 8.95. The van der Waals surface area contributed by atoms with Gasteiger partial charge in [0.2, 0.25) is 5.91 Å². The van der Waals surface area contributed by atoms with Crippen molar-refractivity contribution in [3.63, 3.8) is 0 Å². The normalized spacial score (nSPS) is 25.2. The zero-order chi connectivity index (χ0) is 19.9. The van der Waals surface area contributed by atoms with Crippen molar-refractivity contribution >= 4 is 11.6 Å². The first-order valence-corrected chi connectivity index (χ1v) is 8.95. The van der Waals surface area contributed by atoms with E-state index in [-0.39, 0.29) is 23.5 Å². The number of halogens is 3. The second-order valence-electron chi connectivity index (χ2n) is 7.11. The number of amides is 1. The highest BCUT2D eigenvalue weighted by Gasteiger charge is 2.52. The van der Waals surface area contributed by atoms with E-state index in [1.165, 1.54) is 17.0 Å². The van der Waals surface area contributed by atoms with E-state index in [1.54, 1.807) is 0 Å². The van der Waals surface area contributed by atoms with Gasteiger partial charge in [-0.2, -0.15) is 0 Å². The van der Waals surface area contributed by atoms with E-state index in [0.29, 0.717) is 25.3 Å². The second kappa shape index (κ2) is 7.10. The number of aliphatic hydroxyl groups excluding tert-OH is 1. The molecule has 2 heterocycles. The van der Waals surface area contributed by atoms with E-state index < -0.39 is 12.6 Å². The van der Waals surface area contributed by atoms with Gasteiger partial charge in [0.1, 0.15) is 12.0 Å². The van der Waals surface area contributed by atoms with Gasteiger partial charge in [0.05, 0.1) is 5.92 Å². The monoisotopic (exact) mass is 392 g/mol. The Kier molecular flexibility index (Phi) is 4.76. The van der Waals surface area contributed by atoms with Crippen molar-refractivity contribution in [2.24, 2.45) is 11.8 Å². The number of rotatable bonds is 4. The second-order valence-corrected chi connectivity index (χ2v) is 7.11. The molecule has 3 atom stereocenters. The van der Waals surface area contributed by atoms with Crippen molar-refractivity contribution in [1.29, 1.82) is 0 Å². The number of benzene rings is 2. The van der Waals surface area contributed by atoms with Crippen molar-refractivity contribution in [1.82, 2.24) is 4.90 Å². The Bertz CT molecular complexity index is 842. The molecule has 2 aliphatic heterocycles. The van der Waals surface area contributed by atoms with Crippen molar-refractivity contribution in [3.8, 4) is 5.75 Å². The molecule has 2 aromatic carbocycles. The number of likely N-dealkylation sites (tertiary alicyclic amines) is 1. The zero-order valence-electron chi connectivity index (χ0n) is 14.8. The number of hydrogen-bond acceptors (Lipinski definition) is 4. The van der Waals surface area contributed by atoms with Gasteiger partial charge in [-0.25, -0.2) is 0 Å². The van der Waals surface area contributed by atoms with Crippen molar-refractivity contribution in [3.05, 3.63) is 60.2 Å². The summed E-state index contributed by atoms with van der Waals surface area (Å²) in [6, 6.07) is 14.9. The maximum absolute atomic E-state index is 12.8. The van der Waals surface area contributed by atoms with Crippen molar-refractivity contribution in [2.45, 2.75) is 19.1 Å². The first-order chi connectivity index (χ1) is 13.3. The van der Waals surface area contributed by atoms with E-state index in [9.17, 15) is 23.1 Å². The van der Waals surface area contributed by atoms with Crippen LogP contribution in [0.5, 0.6) is 5.75 Å². The zero-order valence-corrected chi connectivity index (χ0v) is 14.8. The highest BCUT2D eigenvalue weighted by atomic mass is 19.4. The van der Waals surface area contributed by atoms with Crippen LogP contribution < -0.4 is 9.64 Å². The molecule has 1 unspecified atom stereocenters. The lowest BCUT2D eigenvalue weighted by Gasteiger charge is -2.26. The number of nitrogens with zero attached hydrogens (tertiary/aromatic N) is 2. The van der Waals surface area contributed by atoms with Crippen LogP contribution in [0.1, 0.15) is 5.56 Å². The average Bonchev–Trinajstić information content (AvgIpc) is 3.15. The quantitative estimate of drug-likeness (QED) is 0.869. The number of fused-ring (bicyclic) bond motifs is 1. The van der Waals surface area contributed by atoms with E-state index >= 15 is 0 Å². The maximum Gasteiger partial charge on any atom is 0.573 e. The number of anilines is 1. The van der Waals surface area contributed by atoms with Gasteiger partial charge in [-0.3, -0.25) is 14.6 Å². The number of alkyl halides is 3. The van der Waals surface area contributed by atoms with E-state index in [4.69, 9.17) is 0 Å². The lowest BCUT2D eigenvalue weighted by Crippen LogP contribution is -2.39. The molecule has 1 N–H and O–H groups in total. The molecule has 148 valence electrons. The Balaban J connectivity index is 1.44. The smallest absolute Gasteiger partial charge is 0.406 e. The predicted molar refractivity (Wildman–Crippen MR) is 95.3 cm³/mol. The predicted octanol–water partition coefficient (Wildman–Crippen LogP) is 3.00. The first kappa shape index (κ1) is 18.8. The van der Waals surface area contributed by atoms with E-state index in [1.807, 2.05) is 30.3 Å². The third kappa shape index (κ3) is 3.70. The van der Waals surface area contributed by atoms with Gasteiger partial charge in [-0.05, 0) is 29.8 Å². The topological polar surface area (TPSA) is 53.0 Å². The molecule has 2 aliphatic rings. The summed E-state index contributed by atoms with van der Waals surface area (Å²) < 4.78 is 40.7. The lowest BCUT2D eigenvalue weighted by atomic mass is 9.99. The van der Waals surface area contributed by atoms with E-state index in [0.717, 1.165) is 17.7 Å². The molecule has 1 amide bonds. The molecule has 5 nitrogen and oxygen atoms in total. The molecule has 2 saturated heterocycles. The van der Waals surface area contributed by atoms with Crippen LogP contribution >= 0.6 is 0 Å². The Hall–Kier alpha value is -2.58. The van der Waals surface area contributed by atoms with Crippen molar-refractivity contribution in [2.75, 3.05) is 18.0 Å². The van der Waals surface area contributed by atoms with Crippen LogP contribution in [0.3, 0.4) is 0 Å². The number of carbonyl (C=O) groups is 1. The highest BCUT2D eigenvalue weighted by Crippen LogP contribution is 2.39. The Labute approximate surface area is 159 Å². The number of ether oxygens (including phenoxy) is 1. The van der Waals surface area contributed by atoms with Crippen molar-refractivity contribution < 1.29 is 27.8 Å². The van der Waals surface area contributed by atoms with Crippen LogP contribution in [0.15, 0.2) is 54.6 Å². The van der Waals surface area contributed by atoms with Gasteiger partial charge in [0, 0.05) is 31.2 Å². The average molecular weight is 392 g/mol. The number of aliphatic hydroxyl groups is 1. The fourth-order valence-corrected chi connectivity index (χ4v) is 4.04. The SMILES string of the molecule is O=C1[C@@H]2CN(Cc3ccccc3)C[C@@H]2C(O)N1c1ccc(OC(F)(F)F)cc1. The van der Waals surface area contributed by atoms with Crippen LogP contribution in [0, 0.1) is 11.8 Å². The molecule has 0 spiro atoms. The van der Waals surface area contributed by atoms with Gasteiger partial charge in [-0.15, -0.1) is 13.2 Å². The molecule has 2 fully saturated rings. The molecule has 0 aromatic heterocycles. The number of hydrogen-bond donors (Lipinski definition) is 1. The fourth-order valence-electron chi connectivity index (χ4n) is 4.04. The number of carbonyl (C=O) groups excluding carboxylic acids is 1. The van der Waals surface area contributed by atoms with Crippen LogP contribution in [-0.2, 0) is 11.3 Å². The minimum atomic E-state index is -4.77. The summed E-state index contributed by atoms with van der Waals surface area (Å²) in [6.07, 6.45) is -5.78. The molecule has 28 heavy (non-hydrogen) atoms. The van der Waals surface area contributed by atoms with Crippen LogP contribution in [0.25, 0.3) is 0 Å². The Morgan fingerprint density at radius 1 is 1.04 bits per heavy atom. The molecule has 0 aliphatic carbocycles. The maximum atomic E-state index is 12.8. The molecule has 8 heteroatoms. The Morgan fingerprint density at radius 2 is 1.71 bits per heavy atom. The molecule has 2 aromatic rings. The molecular weight excluding hydrogens is 373 g/mol. The summed E-state index contributed by atoms with van der Waals surface area (Å²) in [5.41, 5.74) is 1.50. The Morgan fingerprint density at radius 3 is 2.32 bits per heavy atom. The van der Waals surface area contributed by atoms with Crippen LogP contribution in [-0.4, -0.2) is 41.6 Å². The summed E-state index contributed by atoms with van der Waals surface area (Å²) in [5, 5.41) is 10.7. The summed E-state index contributed by atoms with van der Waals surface area (Å²) in [6.45, 7) is 1.83. The summed E-state index contributed by atoms with van der Waals surface area (Å²) in [7, 11) is 0. The minimum absolute atomic E-state index is 0.211. The van der Waals surface area contributed by atoms with Gasteiger partial charge in [0.25, 0.3) is 0 Å². The standard InChI is InChI=1S/C20H19F3N2O3/c21-20(22,23)28-15-8-6-14(7-9-15)25-18(26)16-11-24(12-17(16)19(25)27)10-13-4-2-1-3-5-13/h1-9,16-18,26H,10-12H2/t16-,17+,18?/m0/s1. The summed E-state index contributed by atoms with van der Waals surface area (Å²) in [5.74, 6) is -1.14. The minimum Gasteiger partial charge on any atom is -0.406 e. The fraction of sp³-hybridized carbons (Fsp3) is 0.350. The van der Waals surface area contributed by atoms with E-state index in [2.05, 4.69) is 9.64 Å². The lowest BCUT2D eigenvalue weighted by molar-refractivity contribution is -0.274. The van der Waals surface area contributed by atoms with Crippen LogP contribution in [0.4, 0.5) is 18.9 Å². The third-order valence-electron chi connectivity index (χ3n) is 5.24. The molecule has 0 radical (unpaired) electrons. The summed E-state index contributed by atoms with van der Waals surface area (Å²) >= 11 is 0. The van der Waals surface area contributed by atoms with Crippen LogP contribution in [0.2, 0.25) is 0 Å². The van der Waals surface area contributed by atoms with Gasteiger partial charge in [-0.1, -0.05) is 30.3 Å². The third-order valence-corrected chi connectivity index (χ3v) is 5.24. The largest absolute Gasteiger partial charge is 0.573 e. The molecular formula is C20H19F3N2O3. The van der Waals surface area contributed by atoms with Gasteiger partial charge < -0.3 is 9.84 Å². The molecule has 0 bridgehead atoms. The highest BCUT2D eigenvalue weighted by molar-refractivity contribution is 5.98. The van der Waals surface area contributed by atoms with Gasteiger partial charge >= 0.3 is 6.36 Å². The van der Waals surface area contributed by atoms with Gasteiger partial charge in [0.15, 0.2) is 0 Å². The molecule has 0 saturated carbocycles. The molecule has 4 rings (SSSR count).